The van der Waals surface area contributed by atoms with Crippen molar-refractivity contribution >= 4 is 23.4 Å². The fourth-order valence-corrected chi connectivity index (χ4v) is 4.39. The average molecular weight is 427 g/mol. The Hall–Kier alpha value is -2.33. The standard InChI is InChI=1S/C25H31ClN2O2/c1-19-10-8-9-15-22(19)24(25(30)27-21-13-6-3-7-14-21)28(23(29)18-26)17-16-20-11-4-2-5-12-20/h2,4-5,8-12,15,21,24H,3,6-7,13-14,16-18H2,1H3,(H,27,30)/t24-/m0/s1. The van der Waals surface area contributed by atoms with Crippen LogP contribution in [0.15, 0.2) is 54.6 Å². The number of benzene rings is 2. The van der Waals surface area contributed by atoms with E-state index in [1.807, 2.05) is 61.5 Å². The number of nitrogens with zero attached hydrogens (tertiary/aromatic N) is 1. The first-order valence-electron chi connectivity index (χ1n) is 10.9. The Balaban J connectivity index is 1.88. The van der Waals surface area contributed by atoms with Gasteiger partial charge in [0.1, 0.15) is 11.9 Å². The van der Waals surface area contributed by atoms with Gasteiger partial charge in [-0.15, -0.1) is 11.6 Å². The van der Waals surface area contributed by atoms with Crippen molar-refractivity contribution in [1.82, 2.24) is 10.2 Å². The van der Waals surface area contributed by atoms with E-state index >= 15 is 0 Å². The first-order valence-corrected chi connectivity index (χ1v) is 11.4. The summed E-state index contributed by atoms with van der Waals surface area (Å²) in [5.74, 6) is -0.476. The van der Waals surface area contributed by atoms with Gasteiger partial charge in [-0.2, -0.15) is 0 Å². The maximum atomic E-state index is 13.5. The number of hydrogen-bond acceptors (Lipinski definition) is 2. The van der Waals surface area contributed by atoms with Crippen LogP contribution >= 0.6 is 11.6 Å². The smallest absolute Gasteiger partial charge is 0.247 e. The molecule has 1 saturated carbocycles. The lowest BCUT2D eigenvalue weighted by Gasteiger charge is -2.34. The first-order chi connectivity index (χ1) is 14.6. The predicted molar refractivity (Wildman–Crippen MR) is 122 cm³/mol. The van der Waals surface area contributed by atoms with Crippen molar-refractivity contribution in [1.29, 1.82) is 0 Å². The summed E-state index contributed by atoms with van der Waals surface area (Å²) >= 11 is 5.97. The van der Waals surface area contributed by atoms with Gasteiger partial charge in [-0.25, -0.2) is 0 Å². The Kier molecular flexibility index (Phi) is 8.32. The monoisotopic (exact) mass is 426 g/mol. The van der Waals surface area contributed by atoms with Crippen molar-refractivity contribution in [2.24, 2.45) is 0 Å². The zero-order chi connectivity index (χ0) is 21.3. The molecular weight excluding hydrogens is 396 g/mol. The van der Waals surface area contributed by atoms with E-state index in [0.29, 0.717) is 13.0 Å². The van der Waals surface area contributed by atoms with Crippen LogP contribution in [0.3, 0.4) is 0 Å². The van der Waals surface area contributed by atoms with Gasteiger partial charge in [0, 0.05) is 12.6 Å². The van der Waals surface area contributed by atoms with Crippen LogP contribution in [0.25, 0.3) is 0 Å². The highest BCUT2D eigenvalue weighted by atomic mass is 35.5. The Labute approximate surface area is 184 Å². The van der Waals surface area contributed by atoms with E-state index in [1.54, 1.807) is 4.90 Å². The molecule has 0 spiro atoms. The van der Waals surface area contributed by atoms with E-state index in [-0.39, 0.29) is 23.7 Å². The second-order valence-electron chi connectivity index (χ2n) is 8.06. The van der Waals surface area contributed by atoms with Crippen LogP contribution in [0.1, 0.15) is 54.8 Å². The number of aryl methyl sites for hydroxylation is 1. The van der Waals surface area contributed by atoms with Crippen LogP contribution in [-0.4, -0.2) is 35.2 Å². The number of carbonyl (C=O) groups is 2. The zero-order valence-electron chi connectivity index (χ0n) is 17.6. The topological polar surface area (TPSA) is 49.4 Å². The molecule has 2 amide bonds. The molecule has 30 heavy (non-hydrogen) atoms. The minimum Gasteiger partial charge on any atom is -0.351 e. The molecule has 0 bridgehead atoms. The van der Waals surface area contributed by atoms with E-state index in [2.05, 4.69) is 5.32 Å². The number of halogens is 1. The average Bonchev–Trinajstić information content (AvgIpc) is 2.78. The Morgan fingerprint density at radius 3 is 2.37 bits per heavy atom. The molecule has 0 heterocycles. The predicted octanol–water partition coefficient (Wildman–Crippen LogP) is 4.80. The highest BCUT2D eigenvalue weighted by Gasteiger charge is 2.33. The van der Waals surface area contributed by atoms with E-state index in [1.165, 1.54) is 6.42 Å². The van der Waals surface area contributed by atoms with Crippen molar-refractivity contribution in [2.45, 2.75) is 57.5 Å². The van der Waals surface area contributed by atoms with Gasteiger partial charge in [0.15, 0.2) is 0 Å². The highest BCUT2D eigenvalue weighted by Crippen LogP contribution is 2.27. The number of amides is 2. The lowest BCUT2D eigenvalue weighted by atomic mass is 9.94. The normalized spacial score (nSPS) is 15.4. The Morgan fingerprint density at radius 2 is 1.70 bits per heavy atom. The first kappa shape index (κ1) is 22.4. The molecule has 0 radical (unpaired) electrons. The third kappa shape index (κ3) is 5.85. The summed E-state index contributed by atoms with van der Waals surface area (Å²) in [4.78, 5) is 28.0. The highest BCUT2D eigenvalue weighted by molar-refractivity contribution is 6.27. The van der Waals surface area contributed by atoms with Crippen LogP contribution in [0.2, 0.25) is 0 Å². The van der Waals surface area contributed by atoms with Crippen LogP contribution in [0.4, 0.5) is 0 Å². The summed E-state index contributed by atoms with van der Waals surface area (Å²) in [6, 6.07) is 17.3. The minimum atomic E-state index is -0.678. The van der Waals surface area contributed by atoms with Crippen molar-refractivity contribution in [3.8, 4) is 0 Å². The molecule has 3 rings (SSSR count). The van der Waals surface area contributed by atoms with Crippen molar-refractivity contribution in [3.63, 3.8) is 0 Å². The van der Waals surface area contributed by atoms with Gasteiger partial charge in [-0.1, -0.05) is 73.9 Å². The number of rotatable bonds is 8. The maximum absolute atomic E-state index is 13.5. The maximum Gasteiger partial charge on any atom is 0.247 e. The molecule has 1 atom stereocenters. The summed E-state index contributed by atoms with van der Waals surface area (Å²) in [7, 11) is 0. The van der Waals surface area contributed by atoms with Crippen molar-refractivity contribution in [2.75, 3.05) is 12.4 Å². The molecule has 0 aromatic heterocycles. The minimum absolute atomic E-state index is 0.109. The van der Waals surface area contributed by atoms with Crippen LogP contribution in [-0.2, 0) is 16.0 Å². The number of alkyl halides is 1. The Bertz CT molecular complexity index is 834. The number of carbonyl (C=O) groups excluding carboxylic acids is 2. The van der Waals surface area contributed by atoms with Crippen LogP contribution in [0, 0.1) is 6.92 Å². The van der Waals surface area contributed by atoms with Crippen molar-refractivity contribution in [3.05, 3.63) is 71.3 Å². The van der Waals surface area contributed by atoms with Gasteiger partial charge in [0.05, 0.1) is 0 Å². The van der Waals surface area contributed by atoms with Crippen LogP contribution < -0.4 is 5.32 Å². The molecule has 5 heteroatoms. The molecule has 1 N–H and O–H groups in total. The van der Waals surface area contributed by atoms with E-state index in [0.717, 1.165) is 42.4 Å². The summed E-state index contributed by atoms with van der Waals surface area (Å²) < 4.78 is 0. The van der Waals surface area contributed by atoms with Gasteiger partial charge in [-0.3, -0.25) is 9.59 Å². The summed E-state index contributed by atoms with van der Waals surface area (Å²) in [6.07, 6.45) is 6.17. The van der Waals surface area contributed by atoms with Gasteiger partial charge in [0.2, 0.25) is 11.8 Å². The largest absolute Gasteiger partial charge is 0.351 e. The van der Waals surface area contributed by atoms with Gasteiger partial charge >= 0.3 is 0 Å². The number of hydrogen-bond donors (Lipinski definition) is 1. The fraction of sp³-hybridized carbons (Fsp3) is 0.440. The molecule has 0 unspecified atom stereocenters. The quantitative estimate of drug-likeness (QED) is 0.616. The molecule has 1 fully saturated rings. The zero-order valence-corrected chi connectivity index (χ0v) is 18.4. The summed E-state index contributed by atoms with van der Waals surface area (Å²) in [6.45, 7) is 2.42. The molecule has 160 valence electrons. The second-order valence-corrected chi connectivity index (χ2v) is 8.33. The molecule has 4 nitrogen and oxygen atoms in total. The second kappa shape index (κ2) is 11.2. The third-order valence-corrected chi connectivity index (χ3v) is 6.14. The molecule has 0 saturated heterocycles. The lowest BCUT2D eigenvalue weighted by Crippen LogP contribution is -2.48. The fourth-order valence-electron chi connectivity index (χ4n) is 4.24. The van der Waals surface area contributed by atoms with E-state index in [4.69, 9.17) is 11.6 Å². The molecule has 0 aliphatic heterocycles. The third-order valence-electron chi connectivity index (χ3n) is 5.91. The van der Waals surface area contributed by atoms with Gasteiger partial charge in [-0.05, 0) is 42.9 Å². The lowest BCUT2D eigenvalue weighted by molar-refractivity contribution is -0.139. The Morgan fingerprint density at radius 1 is 1.03 bits per heavy atom. The SMILES string of the molecule is Cc1ccccc1[C@@H](C(=O)NC1CCCCC1)N(CCc1ccccc1)C(=O)CCl. The molecule has 1 aliphatic rings. The van der Waals surface area contributed by atoms with E-state index < -0.39 is 6.04 Å². The van der Waals surface area contributed by atoms with Gasteiger partial charge in [0.25, 0.3) is 0 Å². The van der Waals surface area contributed by atoms with E-state index in [9.17, 15) is 9.59 Å². The summed E-state index contributed by atoms with van der Waals surface area (Å²) in [5.41, 5.74) is 2.98. The molecular formula is C25H31ClN2O2. The molecule has 1 aliphatic carbocycles. The molecule has 2 aromatic carbocycles. The van der Waals surface area contributed by atoms with Crippen molar-refractivity contribution < 1.29 is 9.59 Å². The number of nitrogens with one attached hydrogen (secondary N) is 1. The van der Waals surface area contributed by atoms with Crippen LogP contribution in [0.5, 0.6) is 0 Å². The van der Waals surface area contributed by atoms with Gasteiger partial charge < -0.3 is 10.2 Å². The molecule has 2 aromatic rings. The summed E-state index contributed by atoms with van der Waals surface area (Å²) in [5, 5.41) is 3.23.